The van der Waals surface area contributed by atoms with Gasteiger partial charge in [0.05, 0.1) is 11.1 Å². The zero-order chi connectivity index (χ0) is 17.4. The molecule has 1 amide bonds. The van der Waals surface area contributed by atoms with Gasteiger partial charge in [-0.25, -0.2) is 5.01 Å². The standard InChI is InChI=1S/C18H17N5OS/c1-3-25-18-21-17(24)15-12-8-4-5-9-13(12)20-16(23(15)22-18)14-10-6-7-11(2)19-14/h4-10,16H,3H2,1-2H3,(H,21,22,24). The van der Waals surface area contributed by atoms with Gasteiger partial charge in [0, 0.05) is 10.9 Å². The highest BCUT2D eigenvalue weighted by atomic mass is 32.2. The number of benzene rings is 1. The molecule has 25 heavy (non-hydrogen) atoms. The number of thioether (sulfide) groups is 1. The summed E-state index contributed by atoms with van der Waals surface area (Å²) in [6.45, 7) is 3.96. The van der Waals surface area contributed by atoms with Crippen molar-refractivity contribution in [2.24, 2.45) is 10.1 Å². The molecular formula is C18H17N5OS. The van der Waals surface area contributed by atoms with Gasteiger partial charge in [0.2, 0.25) is 0 Å². The normalized spacial score (nSPS) is 18.7. The number of para-hydroxylation sites is 1. The molecule has 1 atom stereocenters. The molecule has 2 aromatic rings. The summed E-state index contributed by atoms with van der Waals surface area (Å²) in [5.74, 6) is 0.662. The number of amides is 1. The van der Waals surface area contributed by atoms with E-state index in [1.54, 1.807) is 5.01 Å². The Morgan fingerprint density at radius 3 is 2.84 bits per heavy atom. The van der Waals surface area contributed by atoms with Crippen LogP contribution in [-0.2, 0) is 4.79 Å². The van der Waals surface area contributed by atoms with Gasteiger partial charge in [0.15, 0.2) is 11.3 Å². The van der Waals surface area contributed by atoms with Gasteiger partial charge in [-0.15, -0.1) is 5.10 Å². The second-order valence-electron chi connectivity index (χ2n) is 5.71. The Kier molecular flexibility index (Phi) is 4.01. The fourth-order valence-electron chi connectivity index (χ4n) is 2.93. The van der Waals surface area contributed by atoms with E-state index in [0.29, 0.717) is 10.9 Å². The highest BCUT2D eigenvalue weighted by molar-refractivity contribution is 8.13. The number of pyridine rings is 1. The minimum absolute atomic E-state index is 0.161. The molecular weight excluding hydrogens is 334 g/mol. The van der Waals surface area contributed by atoms with Crippen LogP contribution >= 0.6 is 11.8 Å². The van der Waals surface area contributed by atoms with Crippen molar-refractivity contribution in [2.75, 3.05) is 5.75 Å². The lowest BCUT2D eigenvalue weighted by atomic mass is 10.1. The number of rotatable bonds is 2. The average molecular weight is 351 g/mol. The van der Waals surface area contributed by atoms with E-state index < -0.39 is 6.17 Å². The van der Waals surface area contributed by atoms with Crippen LogP contribution in [0.4, 0.5) is 0 Å². The summed E-state index contributed by atoms with van der Waals surface area (Å²) < 4.78 is 0. The van der Waals surface area contributed by atoms with Crippen molar-refractivity contribution in [2.45, 2.75) is 20.0 Å². The number of fused-ring (bicyclic) bond motifs is 2. The molecule has 4 rings (SSSR count). The summed E-state index contributed by atoms with van der Waals surface area (Å²) in [4.78, 5) is 22.2. The van der Waals surface area contributed by atoms with Crippen molar-refractivity contribution in [1.29, 1.82) is 0 Å². The Balaban J connectivity index is 1.96. The summed E-state index contributed by atoms with van der Waals surface area (Å²) in [5.41, 5.74) is 2.19. The Morgan fingerprint density at radius 1 is 1.20 bits per heavy atom. The molecule has 1 N–H and O–H groups in total. The molecule has 7 heteroatoms. The molecule has 6 nitrogen and oxygen atoms in total. The lowest BCUT2D eigenvalue weighted by Gasteiger charge is -2.33. The van der Waals surface area contributed by atoms with Gasteiger partial charge >= 0.3 is 0 Å². The third kappa shape index (κ3) is 2.80. The first-order valence-corrected chi connectivity index (χ1v) is 9.08. The van der Waals surface area contributed by atoms with Gasteiger partial charge in [0.25, 0.3) is 5.91 Å². The summed E-state index contributed by atoms with van der Waals surface area (Å²) in [5, 5.41) is 11.4. The van der Waals surface area contributed by atoms with Crippen molar-refractivity contribution < 1.29 is 4.79 Å². The van der Waals surface area contributed by atoms with Crippen LogP contribution in [0.2, 0.25) is 0 Å². The zero-order valence-electron chi connectivity index (χ0n) is 13.9. The Bertz CT molecular complexity index is 1000. The summed E-state index contributed by atoms with van der Waals surface area (Å²) in [6.07, 6.45) is -0.455. The Morgan fingerprint density at radius 2 is 2.04 bits per heavy atom. The van der Waals surface area contributed by atoms with Gasteiger partial charge in [0.1, 0.15) is 5.70 Å². The minimum Gasteiger partial charge on any atom is -0.298 e. The predicted octanol–water partition coefficient (Wildman–Crippen LogP) is 1.29. The SMILES string of the molecule is CCSC1=NN2C(=c3ccccc3=NC2c2cccc(C)n2)C(=O)N1. The van der Waals surface area contributed by atoms with E-state index >= 15 is 0 Å². The number of aryl methyl sites for hydroxylation is 1. The lowest BCUT2D eigenvalue weighted by Crippen LogP contribution is -2.50. The number of nitrogens with zero attached hydrogens (tertiary/aromatic N) is 4. The van der Waals surface area contributed by atoms with E-state index in [1.807, 2.05) is 56.3 Å². The second kappa shape index (κ2) is 6.33. The van der Waals surface area contributed by atoms with Crippen LogP contribution in [0.25, 0.3) is 5.70 Å². The van der Waals surface area contributed by atoms with Crippen LogP contribution in [0, 0.1) is 6.92 Å². The minimum atomic E-state index is -0.455. The number of nitrogens with one attached hydrogen (secondary N) is 1. The molecule has 1 unspecified atom stereocenters. The topological polar surface area (TPSA) is 70.0 Å². The summed E-state index contributed by atoms with van der Waals surface area (Å²) in [7, 11) is 0. The number of carbonyl (C=O) groups excluding carboxylic acids is 1. The first kappa shape index (κ1) is 15.8. The van der Waals surface area contributed by atoms with Crippen molar-refractivity contribution in [3.8, 4) is 0 Å². The van der Waals surface area contributed by atoms with Crippen LogP contribution in [-0.4, -0.2) is 26.8 Å². The average Bonchev–Trinajstić information content (AvgIpc) is 2.61. The maximum atomic E-state index is 12.8. The molecule has 2 aliphatic heterocycles. The molecule has 0 radical (unpaired) electrons. The number of hydrazone groups is 1. The quantitative estimate of drug-likeness (QED) is 0.885. The fraction of sp³-hybridized carbons (Fsp3) is 0.222. The van der Waals surface area contributed by atoms with Crippen LogP contribution in [0.5, 0.6) is 0 Å². The number of amidine groups is 1. The number of hydrogen-bond donors (Lipinski definition) is 1. The third-order valence-electron chi connectivity index (χ3n) is 3.97. The van der Waals surface area contributed by atoms with E-state index in [1.165, 1.54) is 11.8 Å². The van der Waals surface area contributed by atoms with E-state index in [2.05, 4.69) is 15.4 Å². The Labute approximate surface area is 149 Å². The van der Waals surface area contributed by atoms with Gasteiger partial charge < -0.3 is 0 Å². The van der Waals surface area contributed by atoms with Crippen LogP contribution in [0.1, 0.15) is 24.5 Å². The summed E-state index contributed by atoms with van der Waals surface area (Å²) in [6, 6.07) is 13.4. The van der Waals surface area contributed by atoms with Gasteiger partial charge in [-0.3, -0.25) is 20.1 Å². The molecule has 0 saturated carbocycles. The van der Waals surface area contributed by atoms with Gasteiger partial charge in [-0.1, -0.05) is 43.0 Å². The zero-order valence-corrected chi connectivity index (χ0v) is 14.7. The largest absolute Gasteiger partial charge is 0.298 e. The molecule has 0 spiro atoms. The molecule has 1 aromatic carbocycles. The number of carbonyl (C=O) groups is 1. The number of hydrogen-bond acceptors (Lipinski definition) is 6. The smallest absolute Gasteiger partial charge is 0.276 e. The van der Waals surface area contributed by atoms with Crippen molar-refractivity contribution in [1.82, 2.24) is 15.3 Å². The second-order valence-corrected chi connectivity index (χ2v) is 6.96. The van der Waals surface area contributed by atoms with E-state index in [0.717, 1.165) is 27.7 Å². The molecule has 2 aliphatic rings. The monoisotopic (exact) mass is 351 g/mol. The maximum absolute atomic E-state index is 12.8. The fourth-order valence-corrected chi connectivity index (χ4v) is 3.51. The molecule has 0 bridgehead atoms. The van der Waals surface area contributed by atoms with Gasteiger partial charge in [-0.2, -0.15) is 0 Å². The molecule has 0 fully saturated rings. The van der Waals surface area contributed by atoms with Crippen molar-refractivity contribution in [3.63, 3.8) is 0 Å². The van der Waals surface area contributed by atoms with Crippen LogP contribution in [0.15, 0.2) is 52.6 Å². The lowest BCUT2D eigenvalue weighted by molar-refractivity contribution is -0.116. The summed E-state index contributed by atoms with van der Waals surface area (Å²) >= 11 is 1.49. The first-order valence-electron chi connectivity index (χ1n) is 8.10. The molecule has 1 aromatic heterocycles. The maximum Gasteiger partial charge on any atom is 0.276 e. The molecule has 0 aliphatic carbocycles. The molecule has 0 saturated heterocycles. The Hall–Kier alpha value is -2.67. The molecule has 3 heterocycles. The van der Waals surface area contributed by atoms with Crippen molar-refractivity contribution in [3.05, 3.63) is 64.4 Å². The first-order chi connectivity index (χ1) is 12.2. The van der Waals surface area contributed by atoms with E-state index in [-0.39, 0.29) is 5.91 Å². The van der Waals surface area contributed by atoms with Crippen LogP contribution in [0.3, 0.4) is 0 Å². The van der Waals surface area contributed by atoms with E-state index in [9.17, 15) is 4.79 Å². The van der Waals surface area contributed by atoms with E-state index in [4.69, 9.17) is 4.99 Å². The highest BCUT2D eigenvalue weighted by Gasteiger charge is 2.34. The highest BCUT2D eigenvalue weighted by Crippen LogP contribution is 2.29. The number of aromatic nitrogens is 1. The molecule has 126 valence electrons. The van der Waals surface area contributed by atoms with Gasteiger partial charge in [-0.05, 0) is 30.9 Å². The predicted molar refractivity (Wildman–Crippen MR) is 97.9 cm³/mol. The van der Waals surface area contributed by atoms with Crippen LogP contribution < -0.4 is 15.9 Å². The third-order valence-corrected chi connectivity index (χ3v) is 4.72. The van der Waals surface area contributed by atoms with Crippen molar-refractivity contribution >= 4 is 28.5 Å².